The summed E-state index contributed by atoms with van der Waals surface area (Å²) in [5.74, 6) is -0.849. The molecule has 2 N–H and O–H groups in total. The molecule has 1 fully saturated rings. The molecule has 0 unspecified atom stereocenters. The molecule has 2 aromatic rings. The van der Waals surface area contributed by atoms with Gasteiger partial charge in [-0.3, -0.25) is 0 Å². The minimum Gasteiger partial charge on any atom is -0.352 e. The third-order valence-electron chi connectivity index (χ3n) is 6.29. The summed E-state index contributed by atoms with van der Waals surface area (Å²) < 4.78 is 53.5. The molecule has 0 aliphatic carbocycles. The number of carbonyl (C=O) groups is 1. The van der Waals surface area contributed by atoms with E-state index in [-0.39, 0.29) is 18.6 Å². The summed E-state index contributed by atoms with van der Waals surface area (Å²) in [5, 5.41) is 6.08. The van der Waals surface area contributed by atoms with E-state index < -0.39 is 23.6 Å². The number of anilines is 1. The van der Waals surface area contributed by atoms with Gasteiger partial charge in [-0.05, 0) is 69.5 Å². The van der Waals surface area contributed by atoms with Crippen LogP contribution in [0.25, 0.3) is 0 Å². The van der Waals surface area contributed by atoms with Gasteiger partial charge in [-0.25, -0.2) is 19.2 Å². The van der Waals surface area contributed by atoms with Crippen LogP contribution in [-0.4, -0.2) is 58.0 Å². The van der Waals surface area contributed by atoms with E-state index in [1.165, 1.54) is 6.07 Å². The van der Waals surface area contributed by atoms with Crippen LogP contribution in [0.1, 0.15) is 55.1 Å². The van der Waals surface area contributed by atoms with E-state index >= 15 is 0 Å². The minimum atomic E-state index is -4.78. The highest BCUT2D eigenvalue weighted by atomic mass is 19.4. The largest absolute Gasteiger partial charge is 0.419 e. The first-order valence-corrected chi connectivity index (χ1v) is 11.9. The number of alkyl halides is 3. The third-order valence-corrected chi connectivity index (χ3v) is 6.29. The van der Waals surface area contributed by atoms with Gasteiger partial charge < -0.3 is 20.4 Å². The number of rotatable bonds is 6. The molecule has 1 saturated heterocycles. The summed E-state index contributed by atoms with van der Waals surface area (Å²) in [5.41, 5.74) is 0.715. The van der Waals surface area contributed by atoms with E-state index in [4.69, 9.17) is 0 Å². The van der Waals surface area contributed by atoms with Crippen molar-refractivity contribution in [1.82, 2.24) is 25.1 Å². The van der Waals surface area contributed by atoms with Crippen molar-refractivity contribution in [3.63, 3.8) is 0 Å². The molecule has 190 valence electrons. The molecule has 1 aromatic carbocycles. The Morgan fingerprint density at radius 3 is 2.57 bits per heavy atom. The maximum Gasteiger partial charge on any atom is 0.419 e. The maximum absolute atomic E-state index is 14.3. The summed E-state index contributed by atoms with van der Waals surface area (Å²) in [4.78, 5) is 25.8. The molecule has 2 amide bonds. The van der Waals surface area contributed by atoms with Gasteiger partial charge in [-0.1, -0.05) is 6.07 Å². The number of aromatic nitrogens is 2. The second-order valence-electron chi connectivity index (χ2n) is 9.38. The molecule has 35 heavy (non-hydrogen) atoms. The fourth-order valence-corrected chi connectivity index (χ4v) is 4.48. The average molecular weight is 495 g/mol. The van der Waals surface area contributed by atoms with E-state index in [0.717, 1.165) is 49.3 Å². The summed E-state index contributed by atoms with van der Waals surface area (Å²) in [6.45, 7) is 6.75. The summed E-state index contributed by atoms with van der Waals surface area (Å²) in [6.07, 6.45) is -0.392. The van der Waals surface area contributed by atoms with Crippen molar-refractivity contribution < 1.29 is 22.4 Å². The van der Waals surface area contributed by atoms with Gasteiger partial charge in [0.25, 0.3) is 0 Å². The van der Waals surface area contributed by atoms with Crippen LogP contribution >= 0.6 is 0 Å². The number of likely N-dealkylation sites (tertiary alicyclic amines) is 1. The van der Waals surface area contributed by atoms with Gasteiger partial charge in [0, 0.05) is 25.3 Å². The number of nitrogens with zero attached hydrogens (tertiary/aromatic N) is 4. The molecule has 1 atom stereocenters. The van der Waals surface area contributed by atoms with Crippen LogP contribution in [0.3, 0.4) is 0 Å². The smallest absolute Gasteiger partial charge is 0.352 e. The lowest BCUT2D eigenvalue weighted by Crippen LogP contribution is -2.46. The predicted octanol–water partition coefficient (Wildman–Crippen LogP) is 4.36. The van der Waals surface area contributed by atoms with Crippen LogP contribution in [0.4, 0.5) is 28.3 Å². The van der Waals surface area contributed by atoms with E-state index in [9.17, 15) is 22.4 Å². The van der Waals surface area contributed by atoms with Crippen molar-refractivity contribution in [3.8, 4) is 0 Å². The Morgan fingerprint density at radius 2 is 1.91 bits per heavy atom. The molecule has 11 heteroatoms. The normalized spacial score (nSPS) is 17.4. The number of hydrogen-bond acceptors (Lipinski definition) is 5. The number of urea groups is 1. The monoisotopic (exact) mass is 494 g/mol. The molecule has 0 radical (unpaired) electrons. The molecule has 0 spiro atoms. The average Bonchev–Trinajstić information content (AvgIpc) is 3.30. The lowest BCUT2D eigenvalue weighted by atomic mass is 10.0. The van der Waals surface area contributed by atoms with Crippen molar-refractivity contribution in [2.24, 2.45) is 0 Å². The van der Waals surface area contributed by atoms with Gasteiger partial charge in [0.2, 0.25) is 5.95 Å². The van der Waals surface area contributed by atoms with Crippen LogP contribution in [0.2, 0.25) is 0 Å². The number of hydrogen-bond donors (Lipinski definition) is 2. The first-order chi connectivity index (χ1) is 16.6. The highest BCUT2D eigenvalue weighted by Crippen LogP contribution is 2.33. The second kappa shape index (κ2) is 10.3. The van der Waals surface area contributed by atoms with Crippen LogP contribution in [0.5, 0.6) is 0 Å². The van der Waals surface area contributed by atoms with Crippen molar-refractivity contribution in [3.05, 3.63) is 52.6 Å². The summed E-state index contributed by atoms with van der Waals surface area (Å²) >= 11 is 0. The zero-order valence-corrected chi connectivity index (χ0v) is 19.8. The quantitative estimate of drug-likeness (QED) is 0.584. The van der Waals surface area contributed by atoms with Crippen molar-refractivity contribution in [1.29, 1.82) is 0 Å². The molecule has 0 bridgehead atoms. The molecular weight excluding hydrogens is 464 g/mol. The van der Waals surface area contributed by atoms with Crippen molar-refractivity contribution in [2.45, 2.75) is 57.9 Å². The topological polar surface area (TPSA) is 73.4 Å². The highest BCUT2D eigenvalue weighted by Gasteiger charge is 2.35. The van der Waals surface area contributed by atoms with E-state index in [0.29, 0.717) is 31.0 Å². The van der Waals surface area contributed by atoms with Crippen LogP contribution in [0, 0.1) is 5.82 Å². The van der Waals surface area contributed by atoms with Gasteiger partial charge in [0.1, 0.15) is 5.82 Å². The fourth-order valence-electron chi connectivity index (χ4n) is 4.48. The molecule has 3 heterocycles. The van der Waals surface area contributed by atoms with E-state index in [1.807, 2.05) is 13.8 Å². The summed E-state index contributed by atoms with van der Waals surface area (Å²) in [6, 6.07) is 2.01. The molecule has 1 aromatic heterocycles. The van der Waals surface area contributed by atoms with E-state index in [1.54, 1.807) is 11.1 Å². The standard InChI is InChI=1S/C24H30F4N6O/c1-15(2)30-22-29-12-17-7-10-34(14-21(17)31-22)23(35)32-20(13-33-8-3-4-9-33)16-5-6-18(19(25)11-16)24(26,27)28/h5-6,11-12,15,20H,3-4,7-10,13-14H2,1-2H3,(H,32,35)(H,29,30,31)/t20-/m1/s1. The number of benzene rings is 1. The first-order valence-electron chi connectivity index (χ1n) is 11.9. The van der Waals surface area contributed by atoms with Crippen molar-refractivity contribution in [2.75, 3.05) is 31.5 Å². The van der Waals surface area contributed by atoms with E-state index in [2.05, 4.69) is 25.5 Å². The minimum absolute atomic E-state index is 0.159. The fraction of sp³-hybridized carbons (Fsp3) is 0.542. The first kappa shape index (κ1) is 25.2. The number of fused-ring (bicyclic) bond motifs is 1. The molecule has 4 rings (SSSR count). The van der Waals surface area contributed by atoms with Gasteiger partial charge in [0.05, 0.1) is 23.8 Å². The number of carbonyl (C=O) groups excluding carboxylic acids is 1. The Morgan fingerprint density at radius 1 is 1.17 bits per heavy atom. The second-order valence-corrected chi connectivity index (χ2v) is 9.38. The van der Waals surface area contributed by atoms with Crippen LogP contribution in [-0.2, 0) is 19.1 Å². The zero-order valence-electron chi connectivity index (χ0n) is 19.8. The Balaban J connectivity index is 1.51. The Labute approximate surface area is 201 Å². The third kappa shape index (κ3) is 6.19. The molecule has 2 aliphatic heterocycles. The lowest BCUT2D eigenvalue weighted by molar-refractivity contribution is -0.140. The highest BCUT2D eigenvalue weighted by molar-refractivity contribution is 5.75. The van der Waals surface area contributed by atoms with Crippen LogP contribution < -0.4 is 10.6 Å². The lowest BCUT2D eigenvalue weighted by Gasteiger charge is -2.32. The predicted molar refractivity (Wildman–Crippen MR) is 123 cm³/mol. The Bertz CT molecular complexity index is 1050. The van der Waals surface area contributed by atoms with Gasteiger partial charge >= 0.3 is 12.2 Å². The van der Waals surface area contributed by atoms with Crippen molar-refractivity contribution >= 4 is 12.0 Å². The number of nitrogens with one attached hydrogen (secondary N) is 2. The van der Waals surface area contributed by atoms with Crippen LogP contribution in [0.15, 0.2) is 24.4 Å². The Hall–Kier alpha value is -2.95. The number of amides is 2. The SMILES string of the molecule is CC(C)Nc1ncc2c(n1)CN(C(=O)N[C@H](CN1CCCC1)c1ccc(C(F)(F)F)c(F)c1)CC2. The van der Waals surface area contributed by atoms with Gasteiger partial charge in [-0.15, -0.1) is 0 Å². The Kier molecular flexibility index (Phi) is 7.44. The van der Waals surface area contributed by atoms with Gasteiger partial charge in [-0.2, -0.15) is 13.2 Å². The number of halogens is 4. The molecule has 7 nitrogen and oxygen atoms in total. The maximum atomic E-state index is 14.3. The molecular formula is C24H30F4N6O. The van der Waals surface area contributed by atoms with Gasteiger partial charge in [0.15, 0.2) is 0 Å². The zero-order chi connectivity index (χ0) is 25.2. The molecule has 2 aliphatic rings. The molecule has 0 saturated carbocycles. The summed E-state index contributed by atoms with van der Waals surface area (Å²) in [7, 11) is 0.